The van der Waals surface area contributed by atoms with E-state index in [4.69, 9.17) is 23.2 Å². The van der Waals surface area contributed by atoms with Crippen LogP contribution in [0.25, 0.3) is 0 Å². The number of sulfonamides is 1. The number of unbranched alkanes of at least 4 members (excludes halogenated alkanes) is 1. The molecule has 7 nitrogen and oxygen atoms in total. The van der Waals surface area contributed by atoms with Crippen LogP contribution in [0, 0.1) is 0 Å². The first kappa shape index (κ1) is 34.2. The van der Waals surface area contributed by atoms with E-state index in [0.29, 0.717) is 28.9 Å². The predicted molar refractivity (Wildman–Crippen MR) is 161 cm³/mol. The molecule has 43 heavy (non-hydrogen) atoms. The van der Waals surface area contributed by atoms with Crippen molar-refractivity contribution in [1.82, 2.24) is 10.2 Å². The summed E-state index contributed by atoms with van der Waals surface area (Å²) >= 11 is 12.8. The zero-order valence-corrected chi connectivity index (χ0v) is 25.9. The molecule has 0 saturated carbocycles. The van der Waals surface area contributed by atoms with Crippen molar-refractivity contribution in [3.8, 4) is 0 Å². The fraction of sp³-hybridized carbons (Fsp3) is 0.333. The predicted octanol–water partition coefficient (Wildman–Crippen LogP) is 6.93. The second-order valence-corrected chi connectivity index (χ2v) is 12.3. The van der Waals surface area contributed by atoms with Crippen LogP contribution in [0.1, 0.15) is 44.2 Å². The number of rotatable bonds is 13. The molecular formula is C30H32Cl2F3N3O4S. The zero-order valence-electron chi connectivity index (χ0n) is 23.6. The summed E-state index contributed by atoms with van der Waals surface area (Å²) in [5.41, 5.74) is -1.13. The number of amides is 2. The number of carbonyl (C=O) groups excluding carboxylic acids is 2. The van der Waals surface area contributed by atoms with Crippen LogP contribution >= 0.6 is 23.2 Å². The highest BCUT2D eigenvalue weighted by Gasteiger charge is 2.36. The van der Waals surface area contributed by atoms with Crippen LogP contribution in [0.2, 0.25) is 10.0 Å². The third-order valence-corrected chi connectivity index (χ3v) is 9.17. The summed E-state index contributed by atoms with van der Waals surface area (Å²) in [6.07, 6.45) is -3.09. The summed E-state index contributed by atoms with van der Waals surface area (Å²) in [4.78, 5) is 28.3. The van der Waals surface area contributed by atoms with Gasteiger partial charge in [0.25, 0.3) is 10.0 Å². The maximum atomic E-state index is 14.1. The molecule has 1 N–H and O–H groups in total. The molecule has 3 rings (SSSR count). The number of benzene rings is 3. The molecule has 0 spiro atoms. The minimum absolute atomic E-state index is 0.154. The second-order valence-electron chi connectivity index (χ2n) is 9.66. The Morgan fingerprint density at radius 2 is 1.56 bits per heavy atom. The van der Waals surface area contributed by atoms with Crippen molar-refractivity contribution in [2.45, 2.75) is 56.8 Å². The van der Waals surface area contributed by atoms with E-state index >= 15 is 0 Å². The first-order valence-electron chi connectivity index (χ1n) is 13.6. The minimum atomic E-state index is -4.76. The first-order valence-corrected chi connectivity index (χ1v) is 15.8. The number of anilines is 1. The number of hydrogen-bond donors (Lipinski definition) is 1. The number of nitrogens with one attached hydrogen (secondary N) is 1. The van der Waals surface area contributed by atoms with Gasteiger partial charge in [-0.1, -0.05) is 73.8 Å². The number of carbonyl (C=O) groups is 2. The summed E-state index contributed by atoms with van der Waals surface area (Å²) < 4.78 is 69.1. The lowest BCUT2D eigenvalue weighted by Crippen LogP contribution is -2.52. The Bertz CT molecular complexity index is 1500. The van der Waals surface area contributed by atoms with Crippen molar-refractivity contribution >= 4 is 50.7 Å². The third kappa shape index (κ3) is 8.64. The van der Waals surface area contributed by atoms with Crippen molar-refractivity contribution in [3.05, 3.63) is 94.0 Å². The van der Waals surface area contributed by atoms with Gasteiger partial charge >= 0.3 is 6.18 Å². The molecule has 0 saturated heterocycles. The van der Waals surface area contributed by atoms with Gasteiger partial charge in [0.15, 0.2) is 0 Å². The smallest absolute Gasteiger partial charge is 0.354 e. The van der Waals surface area contributed by atoms with E-state index in [0.717, 1.165) is 23.5 Å². The molecule has 0 bridgehead atoms. The highest BCUT2D eigenvalue weighted by molar-refractivity contribution is 7.92. The molecule has 0 aliphatic heterocycles. The van der Waals surface area contributed by atoms with Crippen molar-refractivity contribution in [1.29, 1.82) is 0 Å². The summed E-state index contributed by atoms with van der Waals surface area (Å²) in [5, 5.41) is 3.24. The summed E-state index contributed by atoms with van der Waals surface area (Å²) in [6, 6.07) is 14.4. The molecule has 0 aliphatic carbocycles. The van der Waals surface area contributed by atoms with Crippen LogP contribution in [0.15, 0.2) is 77.7 Å². The van der Waals surface area contributed by atoms with E-state index < -0.39 is 46.2 Å². The van der Waals surface area contributed by atoms with E-state index in [2.05, 4.69) is 5.32 Å². The van der Waals surface area contributed by atoms with Gasteiger partial charge in [0, 0.05) is 28.7 Å². The van der Waals surface area contributed by atoms with Crippen molar-refractivity contribution in [2.24, 2.45) is 0 Å². The molecule has 0 fully saturated rings. The first-order chi connectivity index (χ1) is 20.3. The van der Waals surface area contributed by atoms with Gasteiger partial charge in [0.2, 0.25) is 11.8 Å². The Kier molecular flexibility index (Phi) is 11.9. The number of hydrogen-bond acceptors (Lipinski definition) is 4. The number of alkyl halides is 3. The quantitative estimate of drug-likeness (QED) is 0.202. The largest absolute Gasteiger partial charge is 0.416 e. The number of nitrogens with zero attached hydrogens (tertiary/aromatic N) is 2. The highest BCUT2D eigenvalue weighted by Crippen LogP contribution is 2.34. The van der Waals surface area contributed by atoms with Crippen LogP contribution in [0.3, 0.4) is 0 Å². The van der Waals surface area contributed by atoms with Crippen LogP contribution in [0.5, 0.6) is 0 Å². The lowest BCUT2D eigenvalue weighted by Gasteiger charge is -2.33. The van der Waals surface area contributed by atoms with E-state index in [1.165, 1.54) is 30.3 Å². The van der Waals surface area contributed by atoms with Gasteiger partial charge in [-0.25, -0.2) is 8.42 Å². The Labute approximate surface area is 259 Å². The van der Waals surface area contributed by atoms with E-state index in [1.807, 2.05) is 6.92 Å². The zero-order chi connectivity index (χ0) is 31.8. The van der Waals surface area contributed by atoms with Gasteiger partial charge in [-0.2, -0.15) is 13.2 Å². The average molecular weight is 659 g/mol. The van der Waals surface area contributed by atoms with Crippen molar-refractivity contribution < 1.29 is 31.2 Å². The monoisotopic (exact) mass is 657 g/mol. The number of halogens is 5. The van der Waals surface area contributed by atoms with Crippen molar-refractivity contribution in [3.63, 3.8) is 0 Å². The summed E-state index contributed by atoms with van der Waals surface area (Å²) in [6.45, 7) is 2.84. The van der Waals surface area contributed by atoms with Gasteiger partial charge in [-0.3, -0.25) is 13.9 Å². The standard InChI is InChI=1S/C30H32Cl2F3N3O4S/c1-3-5-17-36-29(40)27(4-2)37(19-24-25(31)15-10-16-26(24)32)28(39)20-38(43(41,42)23-13-7-6-8-14-23)22-12-9-11-21(18-22)30(33,34)35/h6-16,18,27H,3-5,17,19-20H2,1-2H3,(H,36,40)/t27-/m1/s1. The molecule has 0 radical (unpaired) electrons. The molecule has 0 aromatic heterocycles. The Balaban J connectivity index is 2.12. The molecule has 1 atom stereocenters. The van der Waals surface area contributed by atoms with Gasteiger partial charge in [-0.05, 0) is 55.3 Å². The Hall–Kier alpha value is -3.28. The molecule has 0 aliphatic rings. The second kappa shape index (κ2) is 14.9. The van der Waals surface area contributed by atoms with E-state index in [1.54, 1.807) is 31.2 Å². The van der Waals surface area contributed by atoms with Gasteiger partial charge in [0.1, 0.15) is 12.6 Å². The maximum Gasteiger partial charge on any atom is 0.416 e. The fourth-order valence-corrected chi connectivity index (χ4v) is 6.31. The van der Waals surface area contributed by atoms with Gasteiger partial charge in [-0.15, -0.1) is 0 Å². The van der Waals surface area contributed by atoms with Crippen LogP contribution in [0.4, 0.5) is 18.9 Å². The molecule has 2 amide bonds. The molecule has 3 aromatic carbocycles. The van der Waals surface area contributed by atoms with Crippen LogP contribution < -0.4 is 9.62 Å². The normalized spacial score (nSPS) is 12.4. The van der Waals surface area contributed by atoms with E-state index in [-0.39, 0.29) is 33.6 Å². The molecule has 232 valence electrons. The maximum absolute atomic E-state index is 14.1. The molecule has 3 aromatic rings. The minimum Gasteiger partial charge on any atom is -0.354 e. The summed E-state index contributed by atoms with van der Waals surface area (Å²) in [7, 11) is -4.54. The molecule has 0 unspecified atom stereocenters. The lowest BCUT2D eigenvalue weighted by molar-refractivity contribution is -0.140. The Morgan fingerprint density at radius 3 is 2.14 bits per heavy atom. The lowest BCUT2D eigenvalue weighted by atomic mass is 10.1. The van der Waals surface area contributed by atoms with Crippen LogP contribution in [-0.2, 0) is 32.3 Å². The highest BCUT2D eigenvalue weighted by atomic mass is 35.5. The average Bonchev–Trinajstić information content (AvgIpc) is 2.97. The molecule has 13 heteroatoms. The molecular weight excluding hydrogens is 626 g/mol. The van der Waals surface area contributed by atoms with Gasteiger partial charge < -0.3 is 10.2 Å². The summed E-state index contributed by atoms with van der Waals surface area (Å²) in [5.74, 6) is -1.31. The van der Waals surface area contributed by atoms with E-state index in [9.17, 15) is 31.2 Å². The third-order valence-electron chi connectivity index (χ3n) is 6.68. The molecule has 0 heterocycles. The fourth-order valence-electron chi connectivity index (χ4n) is 4.37. The van der Waals surface area contributed by atoms with Crippen LogP contribution in [-0.4, -0.2) is 44.3 Å². The van der Waals surface area contributed by atoms with Crippen molar-refractivity contribution in [2.75, 3.05) is 17.4 Å². The SMILES string of the molecule is CCCCNC(=O)[C@@H](CC)N(Cc1c(Cl)cccc1Cl)C(=O)CN(c1cccc(C(F)(F)F)c1)S(=O)(=O)c1ccccc1. The topological polar surface area (TPSA) is 86.8 Å². The van der Waals surface area contributed by atoms with Gasteiger partial charge in [0.05, 0.1) is 16.1 Å². The Morgan fingerprint density at radius 1 is 0.930 bits per heavy atom.